The number of amides is 1. The lowest BCUT2D eigenvalue weighted by atomic mass is 10.1. The van der Waals surface area contributed by atoms with Crippen LogP contribution < -0.4 is 10.1 Å². The number of ketones is 1. The highest BCUT2D eigenvalue weighted by Crippen LogP contribution is 2.21. The Hall–Kier alpha value is -2.69. The van der Waals surface area contributed by atoms with Gasteiger partial charge in [-0.05, 0) is 24.6 Å². The number of carbonyl (C=O) groups excluding carboxylic acids is 2. The molecule has 0 heterocycles. The maximum atomic E-state index is 13.7. The van der Waals surface area contributed by atoms with Crippen molar-refractivity contribution in [1.82, 2.24) is 5.32 Å². The minimum absolute atomic E-state index is 0.0751. The summed E-state index contributed by atoms with van der Waals surface area (Å²) in [6.45, 7) is 1.76. The van der Waals surface area contributed by atoms with Gasteiger partial charge in [0.05, 0.1) is 13.2 Å². The first-order valence-corrected chi connectivity index (χ1v) is 7.72. The van der Waals surface area contributed by atoms with Gasteiger partial charge in [-0.25, -0.2) is 4.39 Å². The zero-order valence-electron chi connectivity index (χ0n) is 13.7. The molecule has 4 nitrogen and oxygen atoms in total. The Morgan fingerprint density at radius 2 is 1.83 bits per heavy atom. The number of Topliss-reactive ketones (excluding diaryl/α,β-unsaturated/α-hetero) is 1. The van der Waals surface area contributed by atoms with Crippen LogP contribution in [0.4, 0.5) is 4.39 Å². The van der Waals surface area contributed by atoms with E-state index in [0.29, 0.717) is 11.1 Å². The topological polar surface area (TPSA) is 55.4 Å². The molecule has 0 fully saturated rings. The van der Waals surface area contributed by atoms with Gasteiger partial charge in [0.1, 0.15) is 0 Å². The predicted octanol–water partition coefficient (Wildman–Crippen LogP) is 3.67. The van der Waals surface area contributed by atoms with E-state index in [4.69, 9.17) is 4.74 Å². The molecule has 0 unspecified atom stereocenters. The lowest BCUT2D eigenvalue weighted by molar-refractivity contribution is -0.121. The minimum Gasteiger partial charge on any atom is -0.494 e. The normalized spacial score (nSPS) is 11.6. The highest BCUT2D eigenvalue weighted by molar-refractivity contribution is 5.97. The molecule has 2 rings (SSSR count). The fourth-order valence-corrected chi connectivity index (χ4v) is 2.34. The van der Waals surface area contributed by atoms with E-state index >= 15 is 0 Å². The molecule has 0 saturated heterocycles. The summed E-state index contributed by atoms with van der Waals surface area (Å²) in [4.78, 5) is 24.0. The van der Waals surface area contributed by atoms with E-state index < -0.39 is 5.82 Å². The molecule has 1 amide bonds. The van der Waals surface area contributed by atoms with Crippen LogP contribution in [-0.4, -0.2) is 18.8 Å². The van der Waals surface area contributed by atoms with E-state index in [2.05, 4.69) is 5.32 Å². The van der Waals surface area contributed by atoms with E-state index in [1.54, 1.807) is 37.3 Å². The molecular formula is C19H20FNO3. The summed E-state index contributed by atoms with van der Waals surface area (Å²) in [5, 5.41) is 2.77. The first kappa shape index (κ1) is 17.7. The second-order valence-corrected chi connectivity index (χ2v) is 5.47. The summed E-state index contributed by atoms with van der Waals surface area (Å²) in [5.74, 6) is -0.641. The molecule has 5 heteroatoms. The predicted molar refractivity (Wildman–Crippen MR) is 89.5 cm³/mol. The molecule has 1 N–H and O–H groups in total. The third-order valence-corrected chi connectivity index (χ3v) is 3.73. The van der Waals surface area contributed by atoms with Gasteiger partial charge in [0.2, 0.25) is 5.91 Å². The molecule has 2 aromatic carbocycles. The summed E-state index contributed by atoms with van der Waals surface area (Å²) < 4.78 is 18.6. The monoisotopic (exact) mass is 329 g/mol. The van der Waals surface area contributed by atoms with Crippen LogP contribution in [0.15, 0.2) is 48.5 Å². The Bertz CT molecular complexity index is 716. The van der Waals surface area contributed by atoms with Crippen LogP contribution in [0.2, 0.25) is 0 Å². The molecule has 0 spiro atoms. The van der Waals surface area contributed by atoms with E-state index in [1.165, 1.54) is 19.2 Å². The van der Waals surface area contributed by atoms with Crippen molar-refractivity contribution < 1.29 is 18.7 Å². The molecule has 0 saturated carbocycles. The Morgan fingerprint density at radius 3 is 2.46 bits per heavy atom. The Balaban J connectivity index is 1.87. The van der Waals surface area contributed by atoms with Crippen molar-refractivity contribution in [3.05, 3.63) is 65.5 Å². The van der Waals surface area contributed by atoms with Crippen LogP contribution in [0, 0.1) is 5.82 Å². The van der Waals surface area contributed by atoms with Crippen molar-refractivity contribution >= 4 is 11.7 Å². The van der Waals surface area contributed by atoms with Crippen LogP contribution >= 0.6 is 0 Å². The highest BCUT2D eigenvalue weighted by atomic mass is 19.1. The van der Waals surface area contributed by atoms with E-state index in [9.17, 15) is 14.0 Å². The molecule has 0 aliphatic heterocycles. The van der Waals surface area contributed by atoms with Gasteiger partial charge in [0, 0.05) is 18.4 Å². The van der Waals surface area contributed by atoms with Crippen molar-refractivity contribution in [1.29, 1.82) is 0 Å². The van der Waals surface area contributed by atoms with Crippen LogP contribution in [0.25, 0.3) is 0 Å². The SMILES string of the molecule is COc1ccc([C@@H](C)NC(=O)CCC(=O)c2ccccc2)cc1F. The number of ether oxygens (including phenoxy) is 1. The minimum atomic E-state index is -0.477. The van der Waals surface area contributed by atoms with Crippen molar-refractivity contribution in [2.45, 2.75) is 25.8 Å². The third kappa shape index (κ3) is 4.65. The summed E-state index contributed by atoms with van der Waals surface area (Å²) in [5.41, 5.74) is 1.23. The summed E-state index contributed by atoms with van der Waals surface area (Å²) in [6, 6.07) is 13.0. The van der Waals surface area contributed by atoms with Crippen molar-refractivity contribution in [3.8, 4) is 5.75 Å². The summed E-state index contributed by atoms with van der Waals surface area (Å²) in [6.07, 6.45) is 0.232. The average Bonchev–Trinajstić information content (AvgIpc) is 2.60. The molecule has 0 radical (unpaired) electrons. The fourth-order valence-electron chi connectivity index (χ4n) is 2.34. The van der Waals surface area contributed by atoms with Gasteiger partial charge < -0.3 is 10.1 Å². The van der Waals surface area contributed by atoms with Crippen molar-refractivity contribution in [2.75, 3.05) is 7.11 Å². The van der Waals surface area contributed by atoms with Crippen molar-refractivity contribution in [2.24, 2.45) is 0 Å². The van der Waals surface area contributed by atoms with Crippen LogP contribution in [0.1, 0.15) is 41.7 Å². The lowest BCUT2D eigenvalue weighted by Gasteiger charge is -2.15. The summed E-state index contributed by atoms with van der Waals surface area (Å²) in [7, 11) is 1.40. The molecule has 0 aliphatic carbocycles. The lowest BCUT2D eigenvalue weighted by Crippen LogP contribution is -2.27. The van der Waals surface area contributed by atoms with Gasteiger partial charge in [-0.1, -0.05) is 36.4 Å². The first-order chi connectivity index (χ1) is 11.5. The van der Waals surface area contributed by atoms with Gasteiger partial charge in [-0.15, -0.1) is 0 Å². The van der Waals surface area contributed by atoms with Crippen LogP contribution in [0.5, 0.6) is 5.75 Å². The number of rotatable bonds is 7. The smallest absolute Gasteiger partial charge is 0.220 e. The number of methoxy groups -OCH3 is 1. The molecule has 24 heavy (non-hydrogen) atoms. The maximum absolute atomic E-state index is 13.7. The van der Waals surface area contributed by atoms with Crippen LogP contribution in [0.3, 0.4) is 0 Å². The zero-order valence-corrected chi connectivity index (χ0v) is 13.7. The zero-order chi connectivity index (χ0) is 17.5. The second kappa shape index (κ2) is 8.24. The van der Waals surface area contributed by atoms with Crippen molar-refractivity contribution in [3.63, 3.8) is 0 Å². The number of hydrogen-bond acceptors (Lipinski definition) is 3. The van der Waals surface area contributed by atoms with E-state index in [-0.39, 0.29) is 36.3 Å². The molecule has 0 aromatic heterocycles. The van der Waals surface area contributed by atoms with Gasteiger partial charge >= 0.3 is 0 Å². The fraction of sp³-hybridized carbons (Fsp3) is 0.263. The van der Waals surface area contributed by atoms with Gasteiger partial charge in [-0.2, -0.15) is 0 Å². The molecule has 1 atom stereocenters. The number of benzene rings is 2. The second-order valence-electron chi connectivity index (χ2n) is 5.47. The number of nitrogens with one attached hydrogen (secondary N) is 1. The molecule has 0 aliphatic rings. The van der Waals surface area contributed by atoms with Gasteiger partial charge in [-0.3, -0.25) is 9.59 Å². The van der Waals surface area contributed by atoms with Crippen LogP contribution in [-0.2, 0) is 4.79 Å². The Kier molecular flexibility index (Phi) is 6.07. The number of halogens is 1. The molecular weight excluding hydrogens is 309 g/mol. The number of hydrogen-bond donors (Lipinski definition) is 1. The number of carbonyl (C=O) groups is 2. The summed E-state index contributed by atoms with van der Waals surface area (Å²) >= 11 is 0. The average molecular weight is 329 g/mol. The standard InChI is InChI=1S/C19H20FNO3/c1-13(15-8-10-18(24-2)16(20)12-15)21-19(23)11-9-17(22)14-6-4-3-5-7-14/h3-8,10,12-13H,9,11H2,1-2H3,(H,21,23)/t13-/m1/s1. The van der Waals surface area contributed by atoms with Gasteiger partial charge in [0.15, 0.2) is 17.3 Å². The molecule has 0 bridgehead atoms. The van der Waals surface area contributed by atoms with Gasteiger partial charge in [0.25, 0.3) is 0 Å². The van der Waals surface area contributed by atoms with E-state index in [0.717, 1.165) is 0 Å². The quantitative estimate of drug-likeness (QED) is 0.789. The van der Waals surface area contributed by atoms with E-state index in [1.807, 2.05) is 6.07 Å². The molecule has 2 aromatic rings. The molecule has 126 valence electrons. The Labute approximate surface area is 140 Å². The largest absolute Gasteiger partial charge is 0.494 e. The first-order valence-electron chi connectivity index (χ1n) is 7.72. The maximum Gasteiger partial charge on any atom is 0.220 e. The third-order valence-electron chi connectivity index (χ3n) is 3.73. The Morgan fingerprint density at radius 1 is 1.12 bits per heavy atom. The highest BCUT2D eigenvalue weighted by Gasteiger charge is 2.14.